The molecule has 0 N–H and O–H groups in total. The molecule has 0 aliphatic carbocycles. The lowest BCUT2D eigenvalue weighted by molar-refractivity contribution is 0.0573. The predicted molar refractivity (Wildman–Crippen MR) is 30.4 cm³/mol. The summed E-state index contributed by atoms with van der Waals surface area (Å²) in [5.74, 6) is 0. The van der Waals surface area contributed by atoms with Crippen LogP contribution in [0.4, 0.5) is 9.28 Å². The van der Waals surface area contributed by atoms with Crippen molar-refractivity contribution >= 4 is 6.03 Å². The zero-order chi connectivity index (χ0) is 7.02. The number of carbonyl (C=O) groups is 1. The van der Waals surface area contributed by atoms with Crippen LogP contribution in [-0.4, -0.2) is 35.7 Å². The first-order valence-corrected chi connectivity index (χ1v) is 2.83. The summed E-state index contributed by atoms with van der Waals surface area (Å²) in [5, 5.41) is 0.250. The van der Waals surface area contributed by atoms with Crippen LogP contribution < -0.4 is 0 Å². The van der Waals surface area contributed by atoms with Gasteiger partial charge in [-0.2, -0.15) is 5.12 Å². The normalized spacial score (nSPS) is 27.9. The number of halogens is 1. The second kappa shape index (κ2) is 1.86. The van der Waals surface area contributed by atoms with E-state index < -0.39 is 6.03 Å². The third kappa shape index (κ3) is 0.843. The quantitative estimate of drug-likeness (QED) is 0.443. The SMILES string of the molecule is CC1CN(C)C(=O)N1F. The molecule has 1 atom stereocenters. The molecule has 9 heavy (non-hydrogen) atoms. The van der Waals surface area contributed by atoms with Crippen molar-refractivity contribution in [2.45, 2.75) is 13.0 Å². The third-order valence-electron chi connectivity index (χ3n) is 1.43. The Hall–Kier alpha value is -0.800. The molecule has 0 bridgehead atoms. The van der Waals surface area contributed by atoms with Crippen LogP contribution in [0.3, 0.4) is 0 Å². The lowest BCUT2D eigenvalue weighted by Gasteiger charge is -2.05. The Morgan fingerprint density at radius 1 is 1.78 bits per heavy atom. The number of urea groups is 1. The van der Waals surface area contributed by atoms with Gasteiger partial charge in [0.25, 0.3) is 0 Å². The lowest BCUT2D eigenvalue weighted by atomic mass is 10.4. The first-order chi connectivity index (χ1) is 4.13. The summed E-state index contributed by atoms with van der Waals surface area (Å²) >= 11 is 0. The summed E-state index contributed by atoms with van der Waals surface area (Å²) in [6, 6.07) is -0.829. The molecule has 0 saturated carbocycles. The molecule has 0 aromatic rings. The molecule has 1 unspecified atom stereocenters. The molecule has 4 heteroatoms. The molecule has 2 amide bonds. The van der Waals surface area contributed by atoms with Crippen LogP contribution >= 0.6 is 0 Å². The average Bonchev–Trinajstić information content (AvgIpc) is 1.98. The fourth-order valence-electron chi connectivity index (χ4n) is 0.898. The molecule has 0 aromatic heterocycles. The van der Waals surface area contributed by atoms with E-state index in [2.05, 4.69) is 0 Å². The summed E-state index contributed by atoms with van der Waals surface area (Å²) in [6.07, 6.45) is 0. The molecular formula is C5H9FN2O. The van der Waals surface area contributed by atoms with Gasteiger partial charge in [-0.05, 0) is 6.92 Å². The average molecular weight is 132 g/mol. The van der Waals surface area contributed by atoms with E-state index >= 15 is 0 Å². The Balaban J connectivity index is 2.65. The Labute approximate surface area is 53.0 Å². The molecule has 1 saturated heterocycles. The van der Waals surface area contributed by atoms with Crippen LogP contribution in [0.1, 0.15) is 6.92 Å². The first kappa shape index (κ1) is 6.32. The van der Waals surface area contributed by atoms with Crippen molar-refractivity contribution in [3.63, 3.8) is 0 Å². The van der Waals surface area contributed by atoms with E-state index in [4.69, 9.17) is 0 Å². The number of rotatable bonds is 0. The number of nitrogens with zero attached hydrogens (tertiary/aromatic N) is 2. The number of hydrogen-bond acceptors (Lipinski definition) is 1. The van der Waals surface area contributed by atoms with Gasteiger partial charge in [0.05, 0.1) is 6.04 Å². The van der Waals surface area contributed by atoms with E-state index in [1.165, 1.54) is 4.90 Å². The van der Waals surface area contributed by atoms with Crippen molar-refractivity contribution in [3.05, 3.63) is 0 Å². The van der Waals surface area contributed by atoms with Gasteiger partial charge in [0.15, 0.2) is 0 Å². The summed E-state index contributed by atoms with van der Waals surface area (Å²) in [4.78, 5) is 11.9. The molecule has 1 aliphatic heterocycles. The van der Waals surface area contributed by atoms with Crippen LogP contribution in [-0.2, 0) is 0 Å². The maximum atomic E-state index is 12.4. The Morgan fingerprint density at radius 3 is 2.44 bits per heavy atom. The van der Waals surface area contributed by atoms with Gasteiger partial charge in [-0.1, -0.05) is 4.48 Å². The van der Waals surface area contributed by atoms with Gasteiger partial charge in [0.1, 0.15) is 0 Å². The highest BCUT2D eigenvalue weighted by Crippen LogP contribution is 2.12. The smallest absolute Gasteiger partial charge is 0.324 e. The highest BCUT2D eigenvalue weighted by Gasteiger charge is 2.32. The maximum absolute atomic E-state index is 12.4. The molecular weight excluding hydrogens is 123 g/mol. The predicted octanol–water partition coefficient (Wildman–Crippen LogP) is 0.627. The zero-order valence-corrected chi connectivity index (χ0v) is 5.47. The zero-order valence-electron chi connectivity index (χ0n) is 5.47. The van der Waals surface area contributed by atoms with Gasteiger partial charge < -0.3 is 4.90 Å². The van der Waals surface area contributed by atoms with Gasteiger partial charge in [-0.3, -0.25) is 0 Å². The van der Waals surface area contributed by atoms with E-state index in [1.54, 1.807) is 14.0 Å². The molecule has 1 aliphatic rings. The fourth-order valence-corrected chi connectivity index (χ4v) is 0.898. The molecule has 3 nitrogen and oxygen atoms in total. The second-order valence-electron chi connectivity index (χ2n) is 2.32. The van der Waals surface area contributed by atoms with Crippen molar-refractivity contribution in [1.82, 2.24) is 10.0 Å². The largest absolute Gasteiger partial charge is 0.348 e. The van der Waals surface area contributed by atoms with E-state index in [-0.39, 0.29) is 11.2 Å². The van der Waals surface area contributed by atoms with Crippen molar-refractivity contribution in [2.24, 2.45) is 0 Å². The molecule has 1 fully saturated rings. The molecule has 1 rings (SSSR count). The lowest BCUT2D eigenvalue weighted by Crippen LogP contribution is -2.24. The van der Waals surface area contributed by atoms with Gasteiger partial charge in [0.2, 0.25) is 0 Å². The van der Waals surface area contributed by atoms with Crippen molar-refractivity contribution in [3.8, 4) is 0 Å². The summed E-state index contributed by atoms with van der Waals surface area (Å²) < 4.78 is 12.4. The number of carbonyl (C=O) groups excluding carboxylic acids is 1. The van der Waals surface area contributed by atoms with Crippen LogP contribution in [0.25, 0.3) is 0 Å². The standard InChI is InChI=1S/C5H9FN2O/c1-4-3-7(2)5(9)8(4)6/h4H,3H2,1-2H3. The number of likely N-dealkylation sites (N-methyl/N-ethyl adjacent to an activating group) is 1. The molecule has 0 radical (unpaired) electrons. The van der Waals surface area contributed by atoms with Crippen LogP contribution in [0.2, 0.25) is 0 Å². The molecule has 0 spiro atoms. The first-order valence-electron chi connectivity index (χ1n) is 2.83. The molecule has 52 valence electrons. The molecule has 1 heterocycles. The van der Waals surface area contributed by atoms with Crippen LogP contribution in [0.15, 0.2) is 0 Å². The Kier molecular flexibility index (Phi) is 1.31. The minimum atomic E-state index is -0.539. The second-order valence-corrected chi connectivity index (χ2v) is 2.32. The fraction of sp³-hybridized carbons (Fsp3) is 0.800. The van der Waals surface area contributed by atoms with Crippen LogP contribution in [0.5, 0.6) is 0 Å². The van der Waals surface area contributed by atoms with Gasteiger partial charge in [-0.25, -0.2) is 4.79 Å². The van der Waals surface area contributed by atoms with Gasteiger partial charge in [-0.15, -0.1) is 0 Å². The third-order valence-corrected chi connectivity index (χ3v) is 1.43. The van der Waals surface area contributed by atoms with Crippen LogP contribution in [0, 0.1) is 0 Å². The van der Waals surface area contributed by atoms with Crippen molar-refractivity contribution in [1.29, 1.82) is 0 Å². The minimum absolute atomic E-state index is 0.250. The van der Waals surface area contributed by atoms with Crippen molar-refractivity contribution in [2.75, 3.05) is 13.6 Å². The Morgan fingerprint density at radius 2 is 2.33 bits per heavy atom. The highest BCUT2D eigenvalue weighted by molar-refractivity contribution is 5.75. The van der Waals surface area contributed by atoms with Gasteiger partial charge >= 0.3 is 6.03 Å². The number of hydrogen-bond donors (Lipinski definition) is 0. The summed E-state index contributed by atoms with van der Waals surface area (Å²) in [5.41, 5.74) is 0. The van der Waals surface area contributed by atoms with Gasteiger partial charge in [0, 0.05) is 13.6 Å². The topological polar surface area (TPSA) is 23.6 Å². The maximum Gasteiger partial charge on any atom is 0.348 e. The van der Waals surface area contributed by atoms with E-state index in [0.717, 1.165) is 0 Å². The minimum Gasteiger partial charge on any atom is -0.324 e. The monoisotopic (exact) mass is 132 g/mol. The van der Waals surface area contributed by atoms with E-state index in [0.29, 0.717) is 6.54 Å². The number of amides is 2. The van der Waals surface area contributed by atoms with Crippen molar-refractivity contribution < 1.29 is 9.28 Å². The summed E-state index contributed by atoms with van der Waals surface area (Å²) in [7, 11) is 1.58. The van der Waals surface area contributed by atoms with E-state index in [9.17, 15) is 9.28 Å². The highest BCUT2D eigenvalue weighted by atomic mass is 19.2. The molecule has 0 aromatic carbocycles. The van der Waals surface area contributed by atoms with E-state index in [1.807, 2.05) is 0 Å². The Bertz CT molecular complexity index is 139. The summed E-state index contributed by atoms with van der Waals surface area (Å²) in [6.45, 7) is 2.15.